The second-order valence-electron chi connectivity index (χ2n) is 5.25. The summed E-state index contributed by atoms with van der Waals surface area (Å²) in [5.41, 5.74) is 0.860. The topological polar surface area (TPSA) is 57.4 Å². The molecule has 0 aliphatic heterocycles. The lowest BCUT2D eigenvalue weighted by molar-refractivity contribution is 0.355. The molecule has 1 aromatic carbocycles. The highest BCUT2D eigenvalue weighted by Gasteiger charge is 2.11. The van der Waals surface area contributed by atoms with E-state index in [2.05, 4.69) is 17.1 Å². The van der Waals surface area contributed by atoms with E-state index in [1.165, 1.54) is 25.7 Å². The van der Waals surface area contributed by atoms with Gasteiger partial charge in [0.2, 0.25) is 11.7 Å². The van der Waals surface area contributed by atoms with E-state index >= 15 is 0 Å². The maximum absolute atomic E-state index is 5.32. The van der Waals surface area contributed by atoms with E-state index in [0.29, 0.717) is 23.2 Å². The molecule has 2 rings (SSSR count). The number of benzene rings is 1. The van der Waals surface area contributed by atoms with Crippen molar-refractivity contribution >= 4 is 0 Å². The number of methoxy groups -OCH3 is 2. The lowest BCUT2D eigenvalue weighted by atomic mass is 10.1. The number of ether oxygens (including phenoxy) is 2. The van der Waals surface area contributed by atoms with Crippen LogP contribution < -0.4 is 9.47 Å². The standard InChI is InChI=1S/C17H24N2O3/c1-4-5-6-7-8-9-16-18-17(19-22-16)13-10-11-14(20-2)15(12-13)21-3/h10-12H,4-9H2,1-3H3. The Morgan fingerprint density at radius 1 is 1.00 bits per heavy atom. The second kappa shape index (κ2) is 8.41. The summed E-state index contributed by atoms with van der Waals surface area (Å²) >= 11 is 0. The van der Waals surface area contributed by atoms with Crippen LogP contribution in [0.4, 0.5) is 0 Å². The van der Waals surface area contributed by atoms with Crippen molar-refractivity contribution in [1.29, 1.82) is 0 Å². The first-order valence-electron chi connectivity index (χ1n) is 7.83. The summed E-state index contributed by atoms with van der Waals surface area (Å²) in [6.45, 7) is 2.22. The van der Waals surface area contributed by atoms with Gasteiger partial charge < -0.3 is 14.0 Å². The SMILES string of the molecule is CCCCCCCc1nc(-c2ccc(OC)c(OC)c2)no1. The Bertz CT molecular complexity index is 581. The average molecular weight is 304 g/mol. The fraction of sp³-hybridized carbons (Fsp3) is 0.529. The predicted molar refractivity (Wildman–Crippen MR) is 85.3 cm³/mol. The summed E-state index contributed by atoms with van der Waals surface area (Å²) in [6.07, 6.45) is 6.96. The van der Waals surface area contributed by atoms with Gasteiger partial charge in [0.1, 0.15) is 0 Å². The highest BCUT2D eigenvalue weighted by Crippen LogP contribution is 2.31. The van der Waals surface area contributed by atoms with Crippen LogP contribution in [0.5, 0.6) is 11.5 Å². The summed E-state index contributed by atoms with van der Waals surface area (Å²) in [7, 11) is 3.22. The monoisotopic (exact) mass is 304 g/mol. The van der Waals surface area contributed by atoms with Crippen LogP contribution >= 0.6 is 0 Å². The van der Waals surface area contributed by atoms with Gasteiger partial charge in [-0.1, -0.05) is 37.8 Å². The molecule has 0 bridgehead atoms. The highest BCUT2D eigenvalue weighted by molar-refractivity contribution is 5.60. The zero-order chi connectivity index (χ0) is 15.8. The zero-order valence-corrected chi connectivity index (χ0v) is 13.6. The number of rotatable bonds is 9. The molecular weight excluding hydrogens is 280 g/mol. The van der Waals surface area contributed by atoms with E-state index in [4.69, 9.17) is 14.0 Å². The molecule has 1 heterocycles. The summed E-state index contributed by atoms with van der Waals surface area (Å²) < 4.78 is 15.8. The first-order chi connectivity index (χ1) is 10.8. The van der Waals surface area contributed by atoms with Gasteiger partial charge in [-0.3, -0.25) is 0 Å². The molecule has 0 saturated carbocycles. The van der Waals surface area contributed by atoms with E-state index in [0.717, 1.165) is 18.4 Å². The number of hydrogen-bond donors (Lipinski definition) is 0. The molecule has 0 saturated heterocycles. The van der Waals surface area contributed by atoms with Crippen molar-refractivity contribution in [2.45, 2.75) is 45.4 Å². The van der Waals surface area contributed by atoms with Crippen LogP contribution in [-0.4, -0.2) is 24.4 Å². The van der Waals surface area contributed by atoms with Gasteiger partial charge >= 0.3 is 0 Å². The van der Waals surface area contributed by atoms with Crippen LogP contribution in [0, 0.1) is 0 Å². The highest BCUT2D eigenvalue weighted by atomic mass is 16.5. The minimum absolute atomic E-state index is 0.588. The fourth-order valence-electron chi connectivity index (χ4n) is 2.33. The van der Waals surface area contributed by atoms with Gasteiger partial charge in [0.25, 0.3) is 0 Å². The van der Waals surface area contributed by atoms with Crippen molar-refractivity contribution in [2.24, 2.45) is 0 Å². The Morgan fingerprint density at radius 2 is 1.77 bits per heavy atom. The lowest BCUT2D eigenvalue weighted by Gasteiger charge is -2.07. The van der Waals surface area contributed by atoms with Crippen LogP contribution in [0.15, 0.2) is 22.7 Å². The van der Waals surface area contributed by atoms with Crippen LogP contribution in [0.25, 0.3) is 11.4 Å². The van der Waals surface area contributed by atoms with E-state index in [1.54, 1.807) is 14.2 Å². The molecule has 5 nitrogen and oxygen atoms in total. The molecule has 2 aromatic rings. The van der Waals surface area contributed by atoms with Gasteiger partial charge in [-0.2, -0.15) is 4.98 Å². The minimum Gasteiger partial charge on any atom is -0.493 e. The van der Waals surface area contributed by atoms with Gasteiger partial charge in [-0.25, -0.2) is 0 Å². The third kappa shape index (κ3) is 4.23. The first kappa shape index (κ1) is 16.3. The van der Waals surface area contributed by atoms with Gasteiger partial charge in [0.05, 0.1) is 14.2 Å². The van der Waals surface area contributed by atoms with Crippen molar-refractivity contribution < 1.29 is 14.0 Å². The summed E-state index contributed by atoms with van der Waals surface area (Å²) in [5, 5.41) is 4.05. The lowest BCUT2D eigenvalue weighted by Crippen LogP contribution is -1.91. The maximum Gasteiger partial charge on any atom is 0.226 e. The molecule has 0 amide bonds. The fourth-order valence-corrected chi connectivity index (χ4v) is 2.33. The minimum atomic E-state index is 0.588. The second-order valence-corrected chi connectivity index (χ2v) is 5.25. The van der Waals surface area contributed by atoms with Gasteiger partial charge in [-0.15, -0.1) is 0 Å². The third-order valence-electron chi connectivity index (χ3n) is 3.60. The molecule has 1 aromatic heterocycles. The molecule has 0 unspecified atom stereocenters. The predicted octanol–water partition coefficient (Wildman–Crippen LogP) is 4.27. The number of aromatic nitrogens is 2. The summed E-state index contributed by atoms with van der Waals surface area (Å²) in [6, 6.07) is 5.60. The van der Waals surface area contributed by atoms with Crippen molar-refractivity contribution in [3.8, 4) is 22.9 Å². The zero-order valence-electron chi connectivity index (χ0n) is 13.6. The molecule has 0 atom stereocenters. The Kier molecular flexibility index (Phi) is 6.25. The van der Waals surface area contributed by atoms with Crippen molar-refractivity contribution in [3.63, 3.8) is 0 Å². The van der Waals surface area contributed by atoms with E-state index in [9.17, 15) is 0 Å². The summed E-state index contributed by atoms with van der Waals surface area (Å²) in [5.74, 6) is 2.63. The van der Waals surface area contributed by atoms with Crippen molar-refractivity contribution in [2.75, 3.05) is 14.2 Å². The Labute approximate surface area is 131 Å². The normalized spacial score (nSPS) is 10.7. The molecule has 120 valence electrons. The number of unbranched alkanes of at least 4 members (excludes halogenated alkanes) is 4. The van der Waals surface area contributed by atoms with E-state index < -0.39 is 0 Å². The van der Waals surface area contributed by atoms with Crippen molar-refractivity contribution in [3.05, 3.63) is 24.1 Å². The Balaban J connectivity index is 1.99. The van der Waals surface area contributed by atoms with Crippen LogP contribution in [0.3, 0.4) is 0 Å². The third-order valence-corrected chi connectivity index (χ3v) is 3.60. The number of hydrogen-bond acceptors (Lipinski definition) is 5. The largest absolute Gasteiger partial charge is 0.493 e. The van der Waals surface area contributed by atoms with Gasteiger partial charge in [-0.05, 0) is 24.6 Å². The number of aryl methyl sites for hydroxylation is 1. The van der Waals surface area contributed by atoms with Crippen LogP contribution in [0.2, 0.25) is 0 Å². The van der Waals surface area contributed by atoms with E-state index in [-0.39, 0.29) is 0 Å². The number of nitrogens with zero attached hydrogens (tertiary/aromatic N) is 2. The molecule has 0 fully saturated rings. The molecular formula is C17H24N2O3. The van der Waals surface area contributed by atoms with Crippen LogP contribution in [-0.2, 0) is 6.42 Å². The average Bonchev–Trinajstić information content (AvgIpc) is 3.03. The quantitative estimate of drug-likeness (QED) is 0.648. The molecule has 5 heteroatoms. The van der Waals surface area contributed by atoms with Gasteiger partial charge in [0.15, 0.2) is 11.5 Å². The molecule has 0 spiro atoms. The van der Waals surface area contributed by atoms with Crippen LogP contribution in [0.1, 0.15) is 44.9 Å². The van der Waals surface area contributed by atoms with Crippen molar-refractivity contribution in [1.82, 2.24) is 10.1 Å². The maximum atomic E-state index is 5.32. The molecule has 0 aliphatic rings. The molecule has 0 aliphatic carbocycles. The van der Waals surface area contributed by atoms with E-state index in [1.807, 2.05) is 18.2 Å². The summed E-state index contributed by atoms with van der Waals surface area (Å²) in [4.78, 5) is 4.46. The molecule has 0 N–H and O–H groups in total. The smallest absolute Gasteiger partial charge is 0.226 e. The Morgan fingerprint density at radius 3 is 2.50 bits per heavy atom. The Hall–Kier alpha value is -2.04. The first-order valence-corrected chi connectivity index (χ1v) is 7.83. The molecule has 0 radical (unpaired) electrons. The molecule has 22 heavy (non-hydrogen) atoms. The van der Waals surface area contributed by atoms with Gasteiger partial charge in [0, 0.05) is 12.0 Å².